The molecule has 0 bridgehead atoms. The Kier molecular flexibility index (Phi) is 8.22. The zero-order valence-corrected chi connectivity index (χ0v) is 10.9. The van der Waals surface area contributed by atoms with Crippen molar-refractivity contribution in [3.05, 3.63) is 0 Å². The van der Waals surface area contributed by atoms with Crippen molar-refractivity contribution in [3.8, 4) is 0 Å². The summed E-state index contributed by atoms with van der Waals surface area (Å²) in [5, 5.41) is 22.0. The van der Waals surface area contributed by atoms with Crippen molar-refractivity contribution < 1.29 is 29.3 Å². The molecule has 0 aromatic heterocycles. The van der Waals surface area contributed by atoms with Crippen molar-refractivity contribution in [2.45, 2.75) is 6.04 Å². The van der Waals surface area contributed by atoms with Gasteiger partial charge in [0.1, 0.15) is 6.54 Å². The maximum Gasteiger partial charge on any atom is 0.328 e. The lowest BCUT2D eigenvalue weighted by atomic mass is 10.3. The lowest BCUT2D eigenvalue weighted by Gasteiger charge is -2.20. The van der Waals surface area contributed by atoms with Crippen molar-refractivity contribution in [2.24, 2.45) is 0 Å². The third kappa shape index (κ3) is 7.21. The minimum Gasteiger partial charge on any atom is -0.480 e. The van der Waals surface area contributed by atoms with E-state index < -0.39 is 30.6 Å². The van der Waals surface area contributed by atoms with E-state index in [4.69, 9.17) is 14.9 Å². The number of carboxylic acid groups (broad SMARTS) is 1. The van der Waals surface area contributed by atoms with Crippen molar-refractivity contribution in [1.82, 2.24) is 15.5 Å². The number of urea groups is 1. The Labute approximate surface area is 110 Å². The van der Waals surface area contributed by atoms with Gasteiger partial charge < -0.3 is 30.5 Å². The van der Waals surface area contributed by atoms with Gasteiger partial charge in [0.2, 0.25) is 5.91 Å². The molecule has 9 heteroatoms. The summed E-state index contributed by atoms with van der Waals surface area (Å²) in [7, 11) is 2.83. The summed E-state index contributed by atoms with van der Waals surface area (Å²) in [4.78, 5) is 34.5. The predicted molar refractivity (Wildman–Crippen MR) is 64.6 cm³/mol. The van der Waals surface area contributed by atoms with Crippen molar-refractivity contribution in [2.75, 3.05) is 40.5 Å². The Morgan fingerprint density at radius 3 is 2.47 bits per heavy atom. The molecular weight excluding hydrogens is 258 g/mol. The zero-order chi connectivity index (χ0) is 14.8. The van der Waals surface area contributed by atoms with Crippen molar-refractivity contribution >= 4 is 17.9 Å². The lowest BCUT2D eigenvalue weighted by molar-refractivity contribution is -0.140. The molecule has 0 radical (unpaired) electrons. The molecule has 19 heavy (non-hydrogen) atoms. The molecule has 1 atom stereocenters. The third-order valence-electron chi connectivity index (χ3n) is 2.13. The molecule has 0 aliphatic heterocycles. The predicted octanol–water partition coefficient (Wildman–Crippen LogP) is -2.16. The Morgan fingerprint density at radius 2 is 2.00 bits per heavy atom. The highest BCUT2D eigenvalue weighted by Crippen LogP contribution is 1.89. The molecule has 0 aromatic rings. The average molecular weight is 277 g/mol. The first-order chi connectivity index (χ1) is 8.92. The van der Waals surface area contributed by atoms with Crippen LogP contribution in [-0.2, 0) is 14.3 Å². The van der Waals surface area contributed by atoms with Gasteiger partial charge >= 0.3 is 12.0 Å². The fraction of sp³-hybridized carbons (Fsp3) is 0.700. The number of rotatable bonds is 8. The standard InChI is InChI=1S/C10H19N3O6/c1-13(5-8(15)11-3-4-19-2)10(18)12-7(6-14)9(16)17/h7,14H,3-6H2,1-2H3,(H,11,15)(H,12,18)(H,16,17)/t7-/m0/s1. The highest BCUT2D eigenvalue weighted by atomic mass is 16.5. The maximum absolute atomic E-state index is 11.5. The number of amides is 3. The summed E-state index contributed by atoms with van der Waals surface area (Å²) in [5.41, 5.74) is 0. The molecule has 0 fully saturated rings. The Balaban J connectivity index is 4.12. The summed E-state index contributed by atoms with van der Waals surface area (Å²) < 4.78 is 4.74. The van der Waals surface area contributed by atoms with E-state index in [1.54, 1.807) is 0 Å². The quantitative estimate of drug-likeness (QED) is 0.374. The number of nitrogens with one attached hydrogen (secondary N) is 2. The molecule has 0 rings (SSSR count). The minimum atomic E-state index is -1.40. The molecule has 0 aliphatic carbocycles. The normalized spacial score (nSPS) is 11.5. The molecular formula is C10H19N3O6. The highest BCUT2D eigenvalue weighted by molar-refractivity contribution is 5.86. The van der Waals surface area contributed by atoms with Gasteiger partial charge in [-0.25, -0.2) is 9.59 Å². The van der Waals surface area contributed by atoms with Crippen LogP contribution >= 0.6 is 0 Å². The van der Waals surface area contributed by atoms with Crippen LogP contribution in [0.25, 0.3) is 0 Å². The van der Waals surface area contributed by atoms with E-state index >= 15 is 0 Å². The van der Waals surface area contributed by atoms with Gasteiger partial charge in [0.25, 0.3) is 0 Å². The number of carboxylic acids is 1. The number of methoxy groups -OCH3 is 1. The number of carbonyl (C=O) groups excluding carboxylic acids is 2. The first kappa shape index (κ1) is 17.1. The molecule has 4 N–H and O–H groups in total. The number of aliphatic carboxylic acids is 1. The Hall–Kier alpha value is -1.87. The molecule has 110 valence electrons. The summed E-state index contributed by atoms with van der Waals surface area (Å²) in [5.74, 6) is -1.75. The summed E-state index contributed by atoms with van der Waals surface area (Å²) in [6.45, 7) is -0.283. The van der Waals surface area contributed by atoms with Gasteiger partial charge in [-0.3, -0.25) is 4.79 Å². The molecule has 3 amide bonds. The van der Waals surface area contributed by atoms with Crippen LogP contribution in [0.2, 0.25) is 0 Å². The van der Waals surface area contributed by atoms with Crippen LogP contribution in [0.1, 0.15) is 0 Å². The molecule has 0 aliphatic rings. The van der Waals surface area contributed by atoms with Crippen LogP contribution in [-0.4, -0.2) is 79.5 Å². The zero-order valence-electron chi connectivity index (χ0n) is 10.9. The van der Waals surface area contributed by atoms with Gasteiger partial charge in [-0.2, -0.15) is 0 Å². The van der Waals surface area contributed by atoms with Crippen LogP contribution in [0.15, 0.2) is 0 Å². The number of aliphatic hydroxyl groups excluding tert-OH is 1. The highest BCUT2D eigenvalue weighted by Gasteiger charge is 2.21. The van der Waals surface area contributed by atoms with Gasteiger partial charge in [-0.05, 0) is 0 Å². The molecule has 9 nitrogen and oxygen atoms in total. The van der Waals surface area contributed by atoms with E-state index in [1.807, 2.05) is 0 Å². The molecule has 0 aromatic carbocycles. The number of likely N-dealkylation sites (N-methyl/N-ethyl adjacent to an activating group) is 1. The van der Waals surface area contributed by atoms with E-state index in [0.29, 0.717) is 13.2 Å². The van der Waals surface area contributed by atoms with Gasteiger partial charge in [0, 0.05) is 20.7 Å². The number of hydrogen-bond donors (Lipinski definition) is 4. The van der Waals surface area contributed by atoms with E-state index in [0.717, 1.165) is 4.90 Å². The fourth-order valence-corrected chi connectivity index (χ4v) is 1.08. The van der Waals surface area contributed by atoms with Crippen LogP contribution in [0.3, 0.4) is 0 Å². The fourth-order valence-electron chi connectivity index (χ4n) is 1.08. The summed E-state index contributed by atoms with van der Waals surface area (Å²) in [6.07, 6.45) is 0. The van der Waals surface area contributed by atoms with E-state index in [-0.39, 0.29) is 6.54 Å². The van der Waals surface area contributed by atoms with Gasteiger partial charge in [0.05, 0.1) is 13.2 Å². The second-order valence-corrected chi connectivity index (χ2v) is 3.72. The van der Waals surface area contributed by atoms with Gasteiger partial charge in [0.15, 0.2) is 6.04 Å². The second-order valence-electron chi connectivity index (χ2n) is 3.72. The largest absolute Gasteiger partial charge is 0.480 e. The summed E-state index contributed by atoms with van der Waals surface area (Å²) in [6, 6.07) is -2.16. The van der Waals surface area contributed by atoms with Crippen molar-refractivity contribution in [1.29, 1.82) is 0 Å². The van der Waals surface area contributed by atoms with Gasteiger partial charge in [-0.1, -0.05) is 0 Å². The van der Waals surface area contributed by atoms with Crippen LogP contribution in [0.5, 0.6) is 0 Å². The smallest absolute Gasteiger partial charge is 0.328 e. The summed E-state index contributed by atoms with van der Waals surface area (Å²) >= 11 is 0. The molecule has 0 saturated heterocycles. The van der Waals surface area contributed by atoms with E-state index in [1.165, 1.54) is 14.2 Å². The topological polar surface area (TPSA) is 128 Å². The first-order valence-corrected chi connectivity index (χ1v) is 5.53. The monoisotopic (exact) mass is 277 g/mol. The molecule has 0 heterocycles. The van der Waals surface area contributed by atoms with Gasteiger partial charge in [-0.15, -0.1) is 0 Å². The SMILES string of the molecule is COCCNC(=O)CN(C)C(=O)N[C@@H](CO)C(=O)O. The van der Waals surface area contributed by atoms with E-state index in [2.05, 4.69) is 10.6 Å². The molecule has 0 spiro atoms. The van der Waals surface area contributed by atoms with Crippen LogP contribution in [0.4, 0.5) is 4.79 Å². The van der Waals surface area contributed by atoms with Crippen LogP contribution in [0, 0.1) is 0 Å². The number of carbonyl (C=O) groups is 3. The molecule has 0 unspecified atom stereocenters. The lowest BCUT2D eigenvalue weighted by Crippen LogP contribution is -2.50. The maximum atomic E-state index is 11.5. The molecule has 0 saturated carbocycles. The first-order valence-electron chi connectivity index (χ1n) is 5.53. The van der Waals surface area contributed by atoms with Crippen LogP contribution < -0.4 is 10.6 Å². The van der Waals surface area contributed by atoms with E-state index in [9.17, 15) is 14.4 Å². The Morgan fingerprint density at radius 1 is 1.37 bits per heavy atom. The second kappa shape index (κ2) is 9.11. The van der Waals surface area contributed by atoms with Crippen molar-refractivity contribution in [3.63, 3.8) is 0 Å². The average Bonchev–Trinajstić information content (AvgIpc) is 2.35. The number of hydrogen-bond acceptors (Lipinski definition) is 5. The third-order valence-corrected chi connectivity index (χ3v) is 2.13. The number of aliphatic hydroxyl groups is 1. The number of nitrogens with zero attached hydrogens (tertiary/aromatic N) is 1. The number of ether oxygens (including phenoxy) is 1. The Bertz CT molecular complexity index is 322. The minimum absolute atomic E-state index is 0.229.